The van der Waals surface area contributed by atoms with Gasteiger partial charge in [-0.1, -0.05) is 9.39 Å². The molecule has 92 valence electrons. The molecule has 6 nitrogen and oxygen atoms in total. The van der Waals surface area contributed by atoms with Crippen LogP contribution in [0.1, 0.15) is 6.92 Å². The van der Waals surface area contributed by atoms with Crippen molar-refractivity contribution in [3.8, 4) is 0 Å². The van der Waals surface area contributed by atoms with Crippen LogP contribution in [0.3, 0.4) is 0 Å². The summed E-state index contributed by atoms with van der Waals surface area (Å²) in [6, 6.07) is 3.60. The highest BCUT2D eigenvalue weighted by Crippen LogP contribution is 2.22. The van der Waals surface area contributed by atoms with Crippen LogP contribution in [0.15, 0.2) is 18.3 Å². The number of pyridine rings is 1. The normalized spacial score (nSPS) is 21.5. The van der Waals surface area contributed by atoms with Crippen molar-refractivity contribution in [3.63, 3.8) is 0 Å². The maximum Gasteiger partial charge on any atom is 0.363 e. The molecule has 0 saturated carbocycles. The first kappa shape index (κ1) is 12.2. The summed E-state index contributed by atoms with van der Waals surface area (Å²) in [5.41, 5.74) is 0.946. The molecule has 7 heteroatoms. The fraction of sp³-hybridized carbons (Fsp3) is 0.500. The summed E-state index contributed by atoms with van der Waals surface area (Å²) in [6.45, 7) is 4.97. The zero-order chi connectivity index (χ0) is 12.4. The Kier molecular flexibility index (Phi) is 3.54. The van der Waals surface area contributed by atoms with Crippen LogP contribution in [-0.2, 0) is 0 Å². The van der Waals surface area contributed by atoms with Gasteiger partial charge in [-0.15, -0.1) is 0 Å². The summed E-state index contributed by atoms with van der Waals surface area (Å²) >= 11 is 0. The van der Waals surface area contributed by atoms with Crippen LogP contribution < -0.4 is 4.90 Å². The van der Waals surface area contributed by atoms with Gasteiger partial charge in [-0.25, -0.2) is 0 Å². The first-order valence-corrected chi connectivity index (χ1v) is 5.96. The quantitative estimate of drug-likeness (QED) is 0.452. The molecule has 2 heterocycles. The maximum absolute atomic E-state index is 10.5. The van der Waals surface area contributed by atoms with E-state index in [0.717, 1.165) is 25.3 Å². The standard InChI is InChI=1S/C10H15N4O2P/c1-8-7-12(17)4-5-13(8)9-2-3-10(11-6-9)14(15)16/h2-3,6,8H,4-5,7,17H2,1H3/t8-/m0/s1. The van der Waals surface area contributed by atoms with E-state index in [4.69, 9.17) is 0 Å². The molecule has 0 radical (unpaired) electrons. The molecule has 0 aromatic carbocycles. The highest BCUT2D eigenvalue weighted by atomic mass is 31.0. The van der Waals surface area contributed by atoms with Crippen LogP contribution in [0.4, 0.5) is 11.5 Å². The lowest BCUT2D eigenvalue weighted by molar-refractivity contribution is -0.389. The van der Waals surface area contributed by atoms with E-state index in [-0.39, 0.29) is 5.82 Å². The molecule has 1 aromatic heterocycles. The number of nitrogens with zero attached hydrogens (tertiary/aromatic N) is 4. The fourth-order valence-corrected chi connectivity index (χ4v) is 2.45. The third kappa shape index (κ3) is 2.70. The van der Waals surface area contributed by atoms with Gasteiger partial charge in [0.2, 0.25) is 0 Å². The van der Waals surface area contributed by atoms with Crippen molar-refractivity contribution >= 4 is 20.9 Å². The molecule has 0 amide bonds. The Morgan fingerprint density at radius 1 is 1.53 bits per heavy atom. The van der Waals surface area contributed by atoms with Crippen LogP contribution in [0.2, 0.25) is 0 Å². The molecule has 1 fully saturated rings. The Hall–Kier alpha value is -1.26. The molecule has 0 aliphatic carbocycles. The van der Waals surface area contributed by atoms with Crippen molar-refractivity contribution < 1.29 is 4.92 Å². The summed E-state index contributed by atoms with van der Waals surface area (Å²) < 4.78 is 2.19. The number of rotatable bonds is 2. The Morgan fingerprint density at radius 3 is 2.82 bits per heavy atom. The fourth-order valence-electron chi connectivity index (χ4n) is 2.03. The van der Waals surface area contributed by atoms with Gasteiger partial charge in [-0.05, 0) is 22.9 Å². The molecular weight excluding hydrogens is 239 g/mol. The van der Waals surface area contributed by atoms with E-state index >= 15 is 0 Å². The van der Waals surface area contributed by atoms with E-state index in [0.29, 0.717) is 6.04 Å². The number of hydrogen-bond donors (Lipinski definition) is 0. The summed E-state index contributed by atoms with van der Waals surface area (Å²) in [5, 5.41) is 10.5. The van der Waals surface area contributed by atoms with Crippen LogP contribution in [0.25, 0.3) is 0 Å². The van der Waals surface area contributed by atoms with Gasteiger partial charge in [0, 0.05) is 31.7 Å². The Balaban J connectivity index is 2.14. The smallest absolute Gasteiger partial charge is 0.363 e. The monoisotopic (exact) mass is 254 g/mol. The van der Waals surface area contributed by atoms with E-state index in [1.54, 1.807) is 12.3 Å². The molecule has 1 aliphatic heterocycles. The maximum atomic E-state index is 10.5. The molecular formula is C10H15N4O2P. The van der Waals surface area contributed by atoms with E-state index in [1.165, 1.54) is 6.07 Å². The van der Waals surface area contributed by atoms with Gasteiger partial charge in [-0.3, -0.25) is 4.67 Å². The Morgan fingerprint density at radius 2 is 2.29 bits per heavy atom. The summed E-state index contributed by atoms with van der Waals surface area (Å²) in [7, 11) is 2.70. The number of aromatic nitrogens is 1. The molecule has 2 rings (SSSR count). The van der Waals surface area contributed by atoms with Crippen molar-refractivity contribution in [2.24, 2.45) is 0 Å². The zero-order valence-corrected chi connectivity index (χ0v) is 10.8. The van der Waals surface area contributed by atoms with Crippen molar-refractivity contribution in [2.45, 2.75) is 13.0 Å². The van der Waals surface area contributed by atoms with Crippen LogP contribution in [-0.4, -0.2) is 40.3 Å². The van der Waals surface area contributed by atoms with E-state index < -0.39 is 4.92 Å². The molecule has 0 spiro atoms. The number of hydrogen-bond acceptors (Lipinski definition) is 5. The predicted molar refractivity (Wildman–Crippen MR) is 69.0 cm³/mol. The van der Waals surface area contributed by atoms with Gasteiger partial charge in [-0.2, -0.15) is 0 Å². The number of nitro groups is 1. The van der Waals surface area contributed by atoms with Crippen LogP contribution in [0.5, 0.6) is 0 Å². The van der Waals surface area contributed by atoms with Gasteiger partial charge in [0.1, 0.15) is 0 Å². The van der Waals surface area contributed by atoms with Crippen molar-refractivity contribution in [3.05, 3.63) is 28.4 Å². The third-order valence-electron chi connectivity index (χ3n) is 2.91. The van der Waals surface area contributed by atoms with Crippen LogP contribution >= 0.6 is 9.39 Å². The lowest BCUT2D eigenvalue weighted by atomic mass is 10.2. The zero-order valence-electron chi connectivity index (χ0n) is 9.61. The number of piperazine rings is 1. The lowest BCUT2D eigenvalue weighted by Gasteiger charge is -2.38. The van der Waals surface area contributed by atoms with Crippen molar-refractivity contribution in [1.82, 2.24) is 9.65 Å². The van der Waals surface area contributed by atoms with Crippen LogP contribution in [0, 0.1) is 10.1 Å². The molecule has 1 unspecified atom stereocenters. The van der Waals surface area contributed by atoms with Crippen molar-refractivity contribution in [2.75, 3.05) is 24.5 Å². The lowest BCUT2D eigenvalue weighted by Crippen LogP contribution is -2.48. The Labute approximate surface area is 102 Å². The van der Waals surface area contributed by atoms with Gasteiger partial charge in [0.05, 0.1) is 5.69 Å². The molecule has 2 atom stereocenters. The second-order valence-corrected chi connectivity index (χ2v) is 4.90. The van der Waals surface area contributed by atoms with E-state index in [9.17, 15) is 10.1 Å². The first-order chi connectivity index (χ1) is 8.08. The molecule has 0 N–H and O–H groups in total. The van der Waals surface area contributed by atoms with E-state index in [1.807, 2.05) is 0 Å². The highest BCUT2D eigenvalue weighted by Gasteiger charge is 2.23. The van der Waals surface area contributed by atoms with Gasteiger partial charge in [0.25, 0.3) is 0 Å². The minimum Gasteiger partial charge on any atom is -0.363 e. The average molecular weight is 254 g/mol. The first-order valence-electron chi connectivity index (χ1n) is 5.44. The third-order valence-corrected chi connectivity index (χ3v) is 3.38. The molecule has 1 aliphatic rings. The summed E-state index contributed by atoms with van der Waals surface area (Å²) in [6.07, 6.45) is 1.58. The molecule has 1 aromatic rings. The summed E-state index contributed by atoms with van der Waals surface area (Å²) in [5.74, 6) is -0.105. The molecule has 1 saturated heterocycles. The topological polar surface area (TPSA) is 62.5 Å². The van der Waals surface area contributed by atoms with Gasteiger partial charge < -0.3 is 15.0 Å². The number of anilines is 1. The minimum atomic E-state index is -0.478. The average Bonchev–Trinajstić information content (AvgIpc) is 2.29. The molecule has 0 bridgehead atoms. The highest BCUT2D eigenvalue weighted by molar-refractivity contribution is 7.13. The largest absolute Gasteiger partial charge is 0.363 e. The SMILES string of the molecule is C[C@H]1CN(P)CCN1c1ccc([N+](=O)[O-])nc1. The van der Waals surface area contributed by atoms with Crippen molar-refractivity contribution in [1.29, 1.82) is 0 Å². The summed E-state index contributed by atoms with van der Waals surface area (Å²) in [4.78, 5) is 16.1. The molecule has 17 heavy (non-hydrogen) atoms. The predicted octanol–water partition coefficient (Wildman–Crippen LogP) is 1.29. The Bertz CT molecular complexity index is 411. The second kappa shape index (κ2) is 4.94. The van der Waals surface area contributed by atoms with E-state index in [2.05, 4.69) is 30.9 Å². The minimum absolute atomic E-state index is 0.105. The second-order valence-electron chi connectivity index (χ2n) is 4.17. The van der Waals surface area contributed by atoms with Gasteiger partial charge >= 0.3 is 5.82 Å². The van der Waals surface area contributed by atoms with Gasteiger partial charge in [0.15, 0.2) is 6.20 Å².